The predicted octanol–water partition coefficient (Wildman–Crippen LogP) is 5.52. The number of rotatable bonds is 3. The van der Waals surface area contributed by atoms with Crippen molar-refractivity contribution >= 4 is 27.3 Å². The Morgan fingerprint density at radius 2 is 2.14 bits per heavy atom. The third kappa shape index (κ3) is 3.27. The van der Waals surface area contributed by atoms with Crippen LogP contribution in [-0.4, -0.2) is 0 Å². The van der Waals surface area contributed by atoms with Gasteiger partial charge in [-0.3, -0.25) is 0 Å². The molecule has 114 valence electrons. The molecule has 1 N–H and O–H groups in total. The molecule has 21 heavy (non-hydrogen) atoms. The second-order valence-electron chi connectivity index (χ2n) is 6.83. The van der Waals surface area contributed by atoms with Crippen LogP contribution < -0.4 is 5.32 Å². The molecule has 2 aromatic heterocycles. The van der Waals surface area contributed by atoms with Gasteiger partial charge in [0.05, 0.1) is 0 Å². The molecule has 0 aromatic carbocycles. The molecule has 1 aliphatic rings. The van der Waals surface area contributed by atoms with Crippen molar-refractivity contribution in [2.45, 2.75) is 53.1 Å². The third-order valence-corrected chi connectivity index (χ3v) is 6.30. The maximum absolute atomic E-state index is 5.90. The van der Waals surface area contributed by atoms with Crippen LogP contribution in [0.4, 0.5) is 0 Å². The number of nitrogens with one attached hydrogen (secondary N) is 1. The minimum atomic E-state index is 0.293. The first-order chi connectivity index (χ1) is 9.84. The zero-order chi connectivity index (χ0) is 15.2. The molecule has 2 heterocycles. The Labute approximate surface area is 139 Å². The van der Waals surface area contributed by atoms with Gasteiger partial charge >= 0.3 is 0 Å². The highest BCUT2D eigenvalue weighted by molar-refractivity contribution is 9.10. The summed E-state index contributed by atoms with van der Waals surface area (Å²) in [6.45, 7) is 9.77. The average Bonchev–Trinajstić information content (AvgIpc) is 2.88. The van der Waals surface area contributed by atoms with Gasteiger partial charge in [0.15, 0.2) is 0 Å². The number of aryl methyl sites for hydroxylation is 2. The van der Waals surface area contributed by atoms with E-state index < -0.39 is 0 Å². The highest BCUT2D eigenvalue weighted by atomic mass is 79.9. The molecule has 0 radical (unpaired) electrons. The van der Waals surface area contributed by atoms with Gasteiger partial charge in [0.2, 0.25) is 0 Å². The summed E-state index contributed by atoms with van der Waals surface area (Å²) in [6.07, 6.45) is 2.20. The van der Waals surface area contributed by atoms with Crippen molar-refractivity contribution in [3.63, 3.8) is 0 Å². The second-order valence-corrected chi connectivity index (χ2v) is 9.03. The minimum absolute atomic E-state index is 0.293. The van der Waals surface area contributed by atoms with Crippen LogP contribution in [0.5, 0.6) is 0 Å². The lowest BCUT2D eigenvalue weighted by Gasteiger charge is -2.34. The highest BCUT2D eigenvalue weighted by Crippen LogP contribution is 2.42. The van der Waals surface area contributed by atoms with Crippen molar-refractivity contribution in [2.75, 3.05) is 0 Å². The van der Waals surface area contributed by atoms with Crippen LogP contribution in [0.25, 0.3) is 0 Å². The molecule has 2 nitrogen and oxygen atoms in total. The van der Waals surface area contributed by atoms with Crippen LogP contribution in [0, 0.1) is 19.3 Å². The van der Waals surface area contributed by atoms with Crippen LogP contribution in [-0.2, 0) is 13.0 Å². The summed E-state index contributed by atoms with van der Waals surface area (Å²) in [4.78, 5) is 2.72. The van der Waals surface area contributed by atoms with Gasteiger partial charge in [0, 0.05) is 38.8 Å². The number of thiophene rings is 1. The fourth-order valence-corrected chi connectivity index (χ4v) is 4.75. The zero-order valence-corrected chi connectivity index (χ0v) is 15.5. The molecule has 0 amide bonds. The van der Waals surface area contributed by atoms with Crippen molar-refractivity contribution in [1.82, 2.24) is 5.32 Å². The third-order valence-electron chi connectivity index (χ3n) is 4.17. The normalized spacial score (nSPS) is 20.5. The molecule has 3 rings (SSSR count). The predicted molar refractivity (Wildman–Crippen MR) is 91.9 cm³/mol. The first-order valence-electron chi connectivity index (χ1n) is 7.41. The first-order valence-corrected chi connectivity index (χ1v) is 9.02. The van der Waals surface area contributed by atoms with Gasteiger partial charge in [0.25, 0.3) is 0 Å². The van der Waals surface area contributed by atoms with Crippen molar-refractivity contribution in [1.29, 1.82) is 0 Å². The van der Waals surface area contributed by atoms with E-state index >= 15 is 0 Å². The SMILES string of the molecule is Cc1cc2c(o1)CC(C)(C)CC2NCc1cc(Br)c(C)s1. The summed E-state index contributed by atoms with van der Waals surface area (Å²) >= 11 is 5.45. The van der Waals surface area contributed by atoms with Crippen LogP contribution >= 0.6 is 27.3 Å². The summed E-state index contributed by atoms with van der Waals surface area (Å²) in [5.41, 5.74) is 1.65. The van der Waals surface area contributed by atoms with E-state index in [-0.39, 0.29) is 0 Å². The van der Waals surface area contributed by atoms with Crippen molar-refractivity contribution in [3.05, 3.63) is 43.4 Å². The van der Waals surface area contributed by atoms with Crippen molar-refractivity contribution in [2.24, 2.45) is 5.41 Å². The number of fused-ring (bicyclic) bond motifs is 1. The number of hydrogen-bond donors (Lipinski definition) is 1. The fourth-order valence-electron chi connectivity index (χ4n) is 3.20. The van der Waals surface area contributed by atoms with Crippen molar-refractivity contribution in [3.8, 4) is 0 Å². The molecule has 1 aliphatic carbocycles. The van der Waals surface area contributed by atoms with Crippen LogP contribution in [0.1, 0.15) is 53.1 Å². The van der Waals surface area contributed by atoms with E-state index in [2.05, 4.69) is 54.2 Å². The quantitative estimate of drug-likeness (QED) is 0.771. The molecule has 1 unspecified atom stereocenters. The molecule has 1 atom stereocenters. The Morgan fingerprint density at radius 1 is 1.38 bits per heavy atom. The number of furan rings is 1. The van der Waals surface area contributed by atoms with Crippen molar-refractivity contribution < 1.29 is 4.42 Å². The lowest BCUT2D eigenvalue weighted by Crippen LogP contribution is -2.32. The summed E-state index contributed by atoms with van der Waals surface area (Å²) in [7, 11) is 0. The van der Waals surface area contributed by atoms with Gasteiger partial charge in [-0.05, 0) is 53.7 Å². The Hall–Kier alpha value is -0.580. The summed E-state index contributed by atoms with van der Waals surface area (Å²) in [6, 6.07) is 4.82. The largest absolute Gasteiger partial charge is 0.466 e. The average molecular weight is 368 g/mol. The fraction of sp³-hybridized carbons (Fsp3) is 0.529. The zero-order valence-electron chi connectivity index (χ0n) is 13.0. The molecule has 4 heteroatoms. The van der Waals surface area contributed by atoms with Gasteiger partial charge in [-0.25, -0.2) is 0 Å². The number of halogens is 1. The maximum Gasteiger partial charge on any atom is 0.109 e. The van der Waals surface area contributed by atoms with Gasteiger partial charge < -0.3 is 9.73 Å². The topological polar surface area (TPSA) is 25.2 Å². The minimum Gasteiger partial charge on any atom is -0.466 e. The molecule has 0 saturated heterocycles. The maximum atomic E-state index is 5.90. The highest BCUT2D eigenvalue weighted by Gasteiger charge is 2.34. The van der Waals surface area contributed by atoms with E-state index in [1.165, 1.54) is 25.6 Å². The Morgan fingerprint density at radius 3 is 2.81 bits per heavy atom. The molecule has 0 fully saturated rings. The van der Waals surface area contributed by atoms with E-state index in [4.69, 9.17) is 4.42 Å². The Balaban J connectivity index is 1.78. The number of hydrogen-bond acceptors (Lipinski definition) is 3. The Kier molecular flexibility index (Phi) is 4.06. The summed E-state index contributed by atoms with van der Waals surface area (Å²) in [5.74, 6) is 2.20. The van der Waals surface area contributed by atoms with Gasteiger partial charge in [-0.2, -0.15) is 0 Å². The lowest BCUT2D eigenvalue weighted by molar-refractivity contribution is 0.234. The van der Waals surface area contributed by atoms with Gasteiger partial charge in [-0.15, -0.1) is 11.3 Å². The molecular formula is C17H22BrNOS. The molecule has 0 bridgehead atoms. The smallest absolute Gasteiger partial charge is 0.109 e. The molecule has 0 aliphatic heterocycles. The van der Waals surface area contributed by atoms with Crippen LogP contribution in [0.15, 0.2) is 21.0 Å². The van der Waals surface area contributed by atoms with Gasteiger partial charge in [0.1, 0.15) is 11.5 Å². The monoisotopic (exact) mass is 367 g/mol. The van der Waals surface area contributed by atoms with E-state index in [0.29, 0.717) is 11.5 Å². The standard InChI is InChI=1S/C17H22BrNOS/c1-10-5-13-15(7-17(3,4)8-16(13)20-10)19-9-12-6-14(18)11(2)21-12/h5-6,15,19H,7-9H2,1-4H3. The summed E-state index contributed by atoms with van der Waals surface area (Å²) < 4.78 is 7.12. The van der Waals surface area contributed by atoms with Crippen LogP contribution in [0.3, 0.4) is 0 Å². The van der Waals surface area contributed by atoms with E-state index in [0.717, 1.165) is 25.1 Å². The van der Waals surface area contributed by atoms with Gasteiger partial charge in [-0.1, -0.05) is 13.8 Å². The first kappa shape index (κ1) is 15.3. The molecule has 0 spiro atoms. The van der Waals surface area contributed by atoms with E-state index in [1.807, 2.05) is 18.3 Å². The van der Waals surface area contributed by atoms with E-state index in [9.17, 15) is 0 Å². The lowest BCUT2D eigenvalue weighted by atomic mass is 9.75. The van der Waals surface area contributed by atoms with E-state index in [1.54, 1.807) is 0 Å². The molecule has 0 saturated carbocycles. The molecule has 2 aromatic rings. The Bertz CT molecular complexity index is 636. The second kappa shape index (κ2) is 5.56. The van der Waals surface area contributed by atoms with Crippen LogP contribution in [0.2, 0.25) is 0 Å². The molecular weight excluding hydrogens is 346 g/mol. The summed E-state index contributed by atoms with van der Waals surface area (Å²) in [5, 5.41) is 3.73.